The Bertz CT molecular complexity index is 387. The minimum atomic E-state index is -2.86. The molecule has 14 heavy (non-hydrogen) atoms. The Morgan fingerprint density at radius 2 is 2.21 bits per heavy atom. The summed E-state index contributed by atoms with van der Waals surface area (Å²) >= 11 is 0. The molecule has 0 unspecified atom stereocenters. The number of pyridine rings is 1. The molecule has 0 fully saturated rings. The Morgan fingerprint density at radius 1 is 1.57 bits per heavy atom. The average molecular weight is 202 g/mol. The molecule has 1 aromatic heterocycles. The Balaban J connectivity index is 3.34. The number of hydrogen-bond donors (Lipinski definition) is 0. The highest BCUT2D eigenvalue weighted by Gasteiger charge is 2.17. The Hall–Kier alpha value is -1.77. The first-order valence-corrected chi connectivity index (χ1v) is 3.52. The van der Waals surface area contributed by atoms with Gasteiger partial charge in [-0.1, -0.05) is 0 Å². The maximum absolute atomic E-state index is 13.1. The highest BCUT2D eigenvalue weighted by atomic mass is 19.3. The van der Waals surface area contributed by atoms with E-state index in [4.69, 9.17) is 5.26 Å². The molecule has 0 N–H and O–H groups in total. The predicted octanol–water partition coefficient (Wildman–Crippen LogP) is 2.04. The van der Waals surface area contributed by atoms with Crippen LogP contribution in [-0.4, -0.2) is 12.1 Å². The molecule has 0 aliphatic carbocycles. The van der Waals surface area contributed by atoms with Crippen molar-refractivity contribution in [2.24, 2.45) is 0 Å². The lowest BCUT2D eigenvalue weighted by Crippen LogP contribution is -2.00. The molecular weight excluding hydrogens is 197 g/mol. The van der Waals surface area contributed by atoms with Crippen LogP contribution >= 0.6 is 0 Å². The second-order valence-electron chi connectivity index (χ2n) is 2.32. The minimum Gasteiger partial charge on any atom is -0.493 e. The standard InChI is InChI=1S/C8H5F3N2O/c1-14-6-2-4(8(10)11)13-5(3-12)7(6)9/h2,8H,1H3. The molecule has 0 aliphatic rings. The quantitative estimate of drug-likeness (QED) is 0.737. The third-order valence-corrected chi connectivity index (χ3v) is 1.49. The third-order valence-electron chi connectivity index (χ3n) is 1.49. The summed E-state index contributed by atoms with van der Waals surface area (Å²) in [5, 5.41) is 8.39. The molecule has 74 valence electrons. The maximum Gasteiger partial charge on any atom is 0.280 e. The van der Waals surface area contributed by atoms with Crippen LogP contribution in [0.2, 0.25) is 0 Å². The first kappa shape index (κ1) is 10.3. The number of nitriles is 1. The fourth-order valence-electron chi connectivity index (χ4n) is 0.859. The second-order valence-corrected chi connectivity index (χ2v) is 2.32. The zero-order valence-electron chi connectivity index (χ0n) is 7.09. The van der Waals surface area contributed by atoms with Gasteiger partial charge in [-0.05, 0) is 0 Å². The van der Waals surface area contributed by atoms with Crippen LogP contribution in [-0.2, 0) is 0 Å². The van der Waals surface area contributed by atoms with E-state index in [2.05, 4.69) is 9.72 Å². The number of rotatable bonds is 2. The zero-order chi connectivity index (χ0) is 10.7. The van der Waals surface area contributed by atoms with E-state index in [0.717, 1.165) is 13.2 Å². The van der Waals surface area contributed by atoms with Gasteiger partial charge in [0.2, 0.25) is 5.82 Å². The number of methoxy groups -OCH3 is 1. The second kappa shape index (κ2) is 3.96. The minimum absolute atomic E-state index is 0.410. The van der Waals surface area contributed by atoms with Crippen LogP contribution in [0.4, 0.5) is 13.2 Å². The molecule has 1 heterocycles. The van der Waals surface area contributed by atoms with Gasteiger partial charge in [0.05, 0.1) is 7.11 Å². The summed E-state index contributed by atoms with van der Waals surface area (Å²) in [5.74, 6) is -1.44. The fourth-order valence-corrected chi connectivity index (χ4v) is 0.859. The number of ether oxygens (including phenoxy) is 1. The maximum atomic E-state index is 13.1. The number of halogens is 3. The van der Waals surface area contributed by atoms with Gasteiger partial charge in [-0.25, -0.2) is 13.8 Å². The van der Waals surface area contributed by atoms with Crippen molar-refractivity contribution in [2.75, 3.05) is 7.11 Å². The molecule has 0 atom stereocenters. The molecule has 0 saturated heterocycles. The van der Waals surface area contributed by atoms with E-state index in [9.17, 15) is 13.2 Å². The van der Waals surface area contributed by atoms with Crippen LogP contribution in [0.25, 0.3) is 0 Å². The summed E-state index contributed by atoms with van der Waals surface area (Å²) < 4.78 is 41.9. The summed E-state index contributed by atoms with van der Waals surface area (Å²) in [7, 11) is 1.12. The van der Waals surface area contributed by atoms with Crippen molar-refractivity contribution < 1.29 is 17.9 Å². The first-order chi connectivity index (χ1) is 6.60. The molecule has 3 nitrogen and oxygen atoms in total. The fraction of sp³-hybridized carbons (Fsp3) is 0.250. The molecule has 0 spiro atoms. The van der Waals surface area contributed by atoms with Gasteiger partial charge in [0.25, 0.3) is 6.43 Å². The van der Waals surface area contributed by atoms with Crippen molar-refractivity contribution in [2.45, 2.75) is 6.43 Å². The van der Waals surface area contributed by atoms with Gasteiger partial charge < -0.3 is 4.74 Å². The van der Waals surface area contributed by atoms with Crippen molar-refractivity contribution >= 4 is 0 Å². The third kappa shape index (κ3) is 1.76. The van der Waals surface area contributed by atoms with Gasteiger partial charge in [0.15, 0.2) is 11.4 Å². The van der Waals surface area contributed by atoms with Gasteiger partial charge in [0, 0.05) is 6.07 Å². The molecule has 0 aliphatic heterocycles. The SMILES string of the molecule is COc1cc(C(F)F)nc(C#N)c1F. The van der Waals surface area contributed by atoms with Gasteiger partial charge >= 0.3 is 0 Å². The van der Waals surface area contributed by atoms with Gasteiger partial charge in [0.1, 0.15) is 11.8 Å². The van der Waals surface area contributed by atoms with Crippen molar-refractivity contribution in [1.29, 1.82) is 5.26 Å². The van der Waals surface area contributed by atoms with Gasteiger partial charge in [-0.15, -0.1) is 0 Å². The van der Waals surface area contributed by atoms with Crippen molar-refractivity contribution in [3.63, 3.8) is 0 Å². The van der Waals surface area contributed by atoms with Crippen LogP contribution < -0.4 is 4.74 Å². The van der Waals surface area contributed by atoms with Crippen LogP contribution in [0.5, 0.6) is 5.75 Å². The number of hydrogen-bond acceptors (Lipinski definition) is 3. The van der Waals surface area contributed by atoms with Gasteiger partial charge in [-0.2, -0.15) is 9.65 Å². The van der Waals surface area contributed by atoms with E-state index in [1.165, 1.54) is 6.07 Å². The molecule has 0 bridgehead atoms. The van der Waals surface area contributed by atoms with Gasteiger partial charge in [-0.3, -0.25) is 0 Å². The van der Waals surface area contributed by atoms with E-state index in [0.29, 0.717) is 0 Å². The Morgan fingerprint density at radius 3 is 2.64 bits per heavy atom. The summed E-state index contributed by atoms with van der Waals surface area (Å²) in [6, 6.07) is 2.13. The lowest BCUT2D eigenvalue weighted by atomic mass is 10.3. The Labute approximate surface area is 77.7 Å². The molecule has 1 aromatic rings. The van der Waals surface area contributed by atoms with Crippen molar-refractivity contribution in [3.8, 4) is 11.8 Å². The topological polar surface area (TPSA) is 45.9 Å². The molecule has 0 aromatic carbocycles. The van der Waals surface area contributed by atoms with E-state index in [-0.39, 0.29) is 0 Å². The van der Waals surface area contributed by atoms with E-state index >= 15 is 0 Å². The molecule has 0 radical (unpaired) electrons. The van der Waals surface area contributed by atoms with Crippen LogP contribution in [0, 0.1) is 17.1 Å². The Kier molecular flexibility index (Phi) is 2.92. The normalized spacial score (nSPS) is 10.0. The van der Waals surface area contributed by atoms with E-state index in [1.54, 1.807) is 0 Å². The number of alkyl halides is 2. The first-order valence-electron chi connectivity index (χ1n) is 3.52. The lowest BCUT2D eigenvalue weighted by molar-refractivity contribution is 0.145. The van der Waals surface area contributed by atoms with Crippen molar-refractivity contribution in [3.05, 3.63) is 23.3 Å². The summed E-state index contributed by atoms with van der Waals surface area (Å²) in [6.07, 6.45) is -2.86. The smallest absolute Gasteiger partial charge is 0.280 e. The van der Waals surface area contributed by atoms with E-state index < -0.39 is 29.4 Å². The van der Waals surface area contributed by atoms with Crippen LogP contribution in [0.1, 0.15) is 17.8 Å². The largest absolute Gasteiger partial charge is 0.493 e. The summed E-state index contributed by atoms with van der Waals surface area (Å²) in [6.45, 7) is 0. The van der Waals surface area contributed by atoms with Crippen LogP contribution in [0.3, 0.4) is 0 Å². The van der Waals surface area contributed by atoms with Crippen molar-refractivity contribution in [1.82, 2.24) is 4.98 Å². The summed E-state index contributed by atoms with van der Waals surface area (Å²) in [4.78, 5) is 3.13. The number of aromatic nitrogens is 1. The molecule has 6 heteroatoms. The lowest BCUT2D eigenvalue weighted by Gasteiger charge is -2.05. The average Bonchev–Trinajstić information content (AvgIpc) is 2.17. The van der Waals surface area contributed by atoms with Crippen LogP contribution in [0.15, 0.2) is 6.07 Å². The molecule has 1 rings (SSSR count). The molecular formula is C8H5F3N2O. The number of nitrogens with zero attached hydrogens (tertiary/aromatic N) is 2. The molecule has 0 amide bonds. The monoisotopic (exact) mass is 202 g/mol. The van der Waals surface area contributed by atoms with E-state index in [1.807, 2.05) is 0 Å². The summed E-state index contributed by atoms with van der Waals surface area (Å²) in [5.41, 5.74) is -1.38. The highest BCUT2D eigenvalue weighted by Crippen LogP contribution is 2.25. The zero-order valence-corrected chi connectivity index (χ0v) is 7.09. The molecule has 0 saturated carbocycles. The highest BCUT2D eigenvalue weighted by molar-refractivity contribution is 5.35. The predicted molar refractivity (Wildman–Crippen MR) is 40.4 cm³/mol.